The molecule has 0 heterocycles. The number of carbonyl (C=O) groups is 2. The van der Waals surface area contributed by atoms with Crippen molar-refractivity contribution in [1.82, 2.24) is 5.32 Å². The predicted octanol–water partition coefficient (Wildman–Crippen LogP) is 2.95. The Kier molecular flexibility index (Phi) is 5.70. The Labute approximate surface area is 139 Å². The van der Waals surface area contributed by atoms with E-state index in [0.717, 1.165) is 0 Å². The van der Waals surface area contributed by atoms with E-state index in [-0.39, 0.29) is 5.57 Å². The molecule has 6 nitrogen and oxygen atoms in total. The number of carbonyl (C=O) groups excluding carboxylic acids is 2. The summed E-state index contributed by atoms with van der Waals surface area (Å²) in [6, 6.07) is 16.6. The van der Waals surface area contributed by atoms with Crippen LogP contribution in [0.2, 0.25) is 0 Å². The number of rotatable bonds is 4. The summed E-state index contributed by atoms with van der Waals surface area (Å²) in [4.78, 5) is 23.8. The van der Waals surface area contributed by atoms with Crippen molar-refractivity contribution < 1.29 is 14.3 Å². The molecule has 120 valence electrons. The maximum Gasteiger partial charge on any atom is 0.326 e. The Bertz CT molecular complexity index is 791. The van der Waals surface area contributed by atoms with Crippen molar-refractivity contribution in [2.45, 2.75) is 0 Å². The lowest BCUT2D eigenvalue weighted by Crippen LogP contribution is -2.35. The fourth-order valence-corrected chi connectivity index (χ4v) is 1.87. The lowest BCUT2D eigenvalue weighted by atomic mass is 10.1. The van der Waals surface area contributed by atoms with Crippen LogP contribution in [0.25, 0.3) is 6.08 Å². The predicted molar refractivity (Wildman–Crippen MR) is 90.2 cm³/mol. The third-order valence-electron chi connectivity index (χ3n) is 3.05. The zero-order valence-corrected chi connectivity index (χ0v) is 12.9. The molecule has 3 amide bonds. The number of nitriles is 1. The zero-order valence-electron chi connectivity index (χ0n) is 12.9. The summed E-state index contributed by atoms with van der Waals surface area (Å²) in [6.07, 6.45) is 1.39. The monoisotopic (exact) mass is 321 g/mol. The van der Waals surface area contributed by atoms with E-state index >= 15 is 0 Å². The van der Waals surface area contributed by atoms with Crippen LogP contribution >= 0.6 is 0 Å². The summed E-state index contributed by atoms with van der Waals surface area (Å²) in [5, 5.41) is 13.8. The molecule has 0 spiro atoms. The van der Waals surface area contributed by atoms with Crippen LogP contribution in [0.1, 0.15) is 5.56 Å². The van der Waals surface area contributed by atoms with Gasteiger partial charge in [-0.25, -0.2) is 4.79 Å². The molecule has 0 aliphatic rings. The Morgan fingerprint density at radius 2 is 1.75 bits per heavy atom. The first-order valence-corrected chi connectivity index (χ1v) is 7.05. The van der Waals surface area contributed by atoms with E-state index in [9.17, 15) is 9.59 Å². The second-order valence-corrected chi connectivity index (χ2v) is 4.72. The largest absolute Gasteiger partial charge is 0.497 e. The standard InChI is InChI=1S/C18H15N3O3/c1-24-16-9-7-13(8-10-16)11-14(12-19)17(22)21-18(23)20-15-5-3-2-4-6-15/h2-11H,1H3,(H2,20,21,22,23). The zero-order chi connectivity index (χ0) is 17.4. The quantitative estimate of drug-likeness (QED) is 0.669. The number of imide groups is 1. The number of hydrogen-bond acceptors (Lipinski definition) is 4. The van der Waals surface area contributed by atoms with Crippen molar-refractivity contribution in [2.75, 3.05) is 12.4 Å². The SMILES string of the molecule is COc1ccc(C=C(C#N)C(=O)NC(=O)Nc2ccccc2)cc1. The van der Waals surface area contributed by atoms with Crippen LogP contribution in [0.5, 0.6) is 5.75 Å². The summed E-state index contributed by atoms with van der Waals surface area (Å²) >= 11 is 0. The number of urea groups is 1. The van der Waals surface area contributed by atoms with E-state index in [2.05, 4.69) is 10.6 Å². The van der Waals surface area contributed by atoms with Crippen LogP contribution in [0.15, 0.2) is 60.2 Å². The summed E-state index contributed by atoms with van der Waals surface area (Å²) in [5.41, 5.74) is 1.01. The summed E-state index contributed by atoms with van der Waals surface area (Å²) in [7, 11) is 1.55. The Hall–Kier alpha value is -3.59. The molecule has 24 heavy (non-hydrogen) atoms. The molecule has 0 aliphatic carbocycles. The molecule has 0 aliphatic heterocycles. The topological polar surface area (TPSA) is 91.2 Å². The molecule has 0 fully saturated rings. The third-order valence-corrected chi connectivity index (χ3v) is 3.05. The van der Waals surface area contributed by atoms with Crippen LogP contribution in [0.4, 0.5) is 10.5 Å². The molecule has 0 radical (unpaired) electrons. The molecule has 2 N–H and O–H groups in total. The van der Waals surface area contributed by atoms with Crippen molar-refractivity contribution in [1.29, 1.82) is 5.26 Å². The van der Waals surface area contributed by atoms with Crippen LogP contribution in [0, 0.1) is 11.3 Å². The first-order valence-electron chi connectivity index (χ1n) is 7.05. The van der Waals surface area contributed by atoms with Gasteiger partial charge in [-0.2, -0.15) is 5.26 Å². The number of benzene rings is 2. The lowest BCUT2D eigenvalue weighted by Gasteiger charge is -2.06. The van der Waals surface area contributed by atoms with Gasteiger partial charge in [0.1, 0.15) is 17.4 Å². The third kappa shape index (κ3) is 4.71. The van der Waals surface area contributed by atoms with Gasteiger partial charge < -0.3 is 10.1 Å². The fourth-order valence-electron chi connectivity index (χ4n) is 1.87. The Morgan fingerprint density at radius 3 is 2.33 bits per heavy atom. The molecule has 2 rings (SSSR count). The number of ether oxygens (including phenoxy) is 1. The number of methoxy groups -OCH3 is 1. The van der Waals surface area contributed by atoms with Crippen molar-refractivity contribution >= 4 is 23.7 Å². The maximum absolute atomic E-state index is 12.0. The molecule has 0 aromatic heterocycles. The van der Waals surface area contributed by atoms with Gasteiger partial charge >= 0.3 is 6.03 Å². The molecule has 2 aromatic carbocycles. The number of para-hydroxylation sites is 1. The second kappa shape index (κ2) is 8.15. The second-order valence-electron chi connectivity index (χ2n) is 4.72. The number of nitrogens with one attached hydrogen (secondary N) is 2. The number of hydrogen-bond donors (Lipinski definition) is 2. The van der Waals surface area contributed by atoms with Gasteiger partial charge in [0.05, 0.1) is 7.11 Å². The smallest absolute Gasteiger partial charge is 0.326 e. The average Bonchev–Trinajstić information content (AvgIpc) is 2.60. The Balaban J connectivity index is 2.04. The van der Waals surface area contributed by atoms with Gasteiger partial charge in [0.2, 0.25) is 0 Å². The summed E-state index contributed by atoms with van der Waals surface area (Å²) in [6.45, 7) is 0. The van der Waals surface area contributed by atoms with Gasteiger partial charge in [-0.3, -0.25) is 10.1 Å². The summed E-state index contributed by atoms with van der Waals surface area (Å²) < 4.78 is 5.04. The molecule has 0 saturated carbocycles. The normalized spacial score (nSPS) is 10.4. The van der Waals surface area contributed by atoms with Crippen molar-refractivity contribution in [3.8, 4) is 11.8 Å². The van der Waals surface area contributed by atoms with E-state index in [1.165, 1.54) is 6.08 Å². The number of nitrogens with zero attached hydrogens (tertiary/aromatic N) is 1. The minimum absolute atomic E-state index is 0.177. The molecule has 0 bridgehead atoms. The molecule has 6 heteroatoms. The first-order chi connectivity index (χ1) is 11.6. The highest BCUT2D eigenvalue weighted by Crippen LogP contribution is 2.14. The van der Waals surface area contributed by atoms with Crippen molar-refractivity contribution in [3.63, 3.8) is 0 Å². The van der Waals surface area contributed by atoms with Gasteiger partial charge in [0.25, 0.3) is 5.91 Å². The van der Waals surface area contributed by atoms with E-state index in [1.807, 2.05) is 0 Å². The number of anilines is 1. The van der Waals surface area contributed by atoms with Crippen molar-refractivity contribution in [2.24, 2.45) is 0 Å². The Morgan fingerprint density at radius 1 is 1.08 bits per heavy atom. The minimum Gasteiger partial charge on any atom is -0.497 e. The average molecular weight is 321 g/mol. The number of amides is 3. The van der Waals surface area contributed by atoms with Gasteiger partial charge in [0.15, 0.2) is 0 Å². The van der Waals surface area contributed by atoms with Gasteiger partial charge in [0, 0.05) is 5.69 Å². The van der Waals surface area contributed by atoms with E-state index in [0.29, 0.717) is 17.0 Å². The van der Waals surface area contributed by atoms with Crippen LogP contribution in [-0.2, 0) is 4.79 Å². The molecule has 0 unspecified atom stereocenters. The highest BCUT2D eigenvalue weighted by atomic mass is 16.5. The molecular weight excluding hydrogens is 306 g/mol. The highest BCUT2D eigenvalue weighted by Gasteiger charge is 2.13. The molecule has 0 atom stereocenters. The van der Waals surface area contributed by atoms with Crippen molar-refractivity contribution in [3.05, 3.63) is 65.7 Å². The van der Waals surface area contributed by atoms with Gasteiger partial charge in [-0.15, -0.1) is 0 Å². The van der Waals surface area contributed by atoms with E-state index < -0.39 is 11.9 Å². The maximum atomic E-state index is 12.0. The minimum atomic E-state index is -0.776. The van der Waals surface area contributed by atoms with E-state index in [1.54, 1.807) is 67.8 Å². The fraction of sp³-hybridized carbons (Fsp3) is 0.0556. The van der Waals surface area contributed by atoms with E-state index in [4.69, 9.17) is 10.00 Å². The van der Waals surface area contributed by atoms with Crippen LogP contribution in [0.3, 0.4) is 0 Å². The van der Waals surface area contributed by atoms with Crippen LogP contribution < -0.4 is 15.4 Å². The molecular formula is C18H15N3O3. The molecule has 2 aromatic rings. The van der Waals surface area contributed by atoms with Gasteiger partial charge in [-0.05, 0) is 35.9 Å². The first kappa shape index (κ1) is 16.8. The van der Waals surface area contributed by atoms with Crippen LogP contribution in [-0.4, -0.2) is 19.0 Å². The lowest BCUT2D eigenvalue weighted by molar-refractivity contribution is -0.115. The highest BCUT2D eigenvalue weighted by molar-refractivity contribution is 6.11. The molecule has 0 saturated heterocycles. The van der Waals surface area contributed by atoms with Gasteiger partial charge in [-0.1, -0.05) is 30.3 Å². The summed E-state index contributed by atoms with van der Waals surface area (Å²) in [5.74, 6) is -0.112.